The van der Waals surface area contributed by atoms with E-state index in [1.54, 1.807) is 6.07 Å². The van der Waals surface area contributed by atoms with Crippen LogP contribution in [0.15, 0.2) is 51.4 Å². The second kappa shape index (κ2) is 6.59. The number of nitrogens with one attached hydrogen (secondary N) is 1. The van der Waals surface area contributed by atoms with Gasteiger partial charge < -0.3 is 5.32 Å². The molecule has 3 rings (SSSR count). The molecule has 0 bridgehead atoms. The molecule has 110 valence electrons. The minimum atomic E-state index is -0.204. The zero-order chi connectivity index (χ0) is 14.8. The van der Waals surface area contributed by atoms with Crippen molar-refractivity contribution in [3.05, 3.63) is 68.4 Å². The first-order valence-electron chi connectivity index (χ1n) is 7.07. The number of hydrogen-bond donors (Lipinski definition) is 1. The van der Waals surface area contributed by atoms with Crippen LogP contribution in [0.3, 0.4) is 0 Å². The van der Waals surface area contributed by atoms with Crippen LogP contribution in [-0.2, 0) is 0 Å². The summed E-state index contributed by atoms with van der Waals surface area (Å²) in [6.45, 7) is 1.95. The Labute approximate surface area is 141 Å². The van der Waals surface area contributed by atoms with Gasteiger partial charge in [0, 0.05) is 16.9 Å². The molecule has 2 aromatic rings. The number of rotatable bonds is 2. The Morgan fingerprint density at radius 3 is 2.57 bits per heavy atom. The second-order valence-corrected chi connectivity index (χ2v) is 7.11. The molecule has 1 saturated heterocycles. The SMILES string of the molecule is Fc1ccc(C2CCNCC2c2ccccc2Br)cc1Br. The van der Waals surface area contributed by atoms with Gasteiger partial charge in [-0.05, 0) is 64.1 Å². The minimum Gasteiger partial charge on any atom is -0.316 e. The molecule has 0 amide bonds. The van der Waals surface area contributed by atoms with E-state index in [-0.39, 0.29) is 5.82 Å². The molecule has 2 aromatic carbocycles. The van der Waals surface area contributed by atoms with E-state index in [1.807, 2.05) is 18.2 Å². The summed E-state index contributed by atoms with van der Waals surface area (Å²) in [6.07, 6.45) is 1.06. The van der Waals surface area contributed by atoms with Crippen LogP contribution >= 0.6 is 31.9 Å². The largest absolute Gasteiger partial charge is 0.316 e. The van der Waals surface area contributed by atoms with Crippen LogP contribution in [0.1, 0.15) is 29.4 Å². The van der Waals surface area contributed by atoms with Crippen molar-refractivity contribution in [3.8, 4) is 0 Å². The lowest BCUT2D eigenvalue weighted by Gasteiger charge is -2.33. The highest BCUT2D eigenvalue weighted by Crippen LogP contribution is 2.40. The highest BCUT2D eigenvalue weighted by atomic mass is 79.9. The molecular formula is C17H16Br2FN. The second-order valence-electron chi connectivity index (χ2n) is 5.40. The molecule has 0 aromatic heterocycles. The zero-order valence-electron chi connectivity index (χ0n) is 11.5. The maximum absolute atomic E-state index is 13.5. The van der Waals surface area contributed by atoms with E-state index in [2.05, 4.69) is 55.4 Å². The first-order valence-corrected chi connectivity index (χ1v) is 8.65. The van der Waals surface area contributed by atoms with Crippen LogP contribution in [0.4, 0.5) is 4.39 Å². The lowest BCUT2D eigenvalue weighted by atomic mass is 9.77. The van der Waals surface area contributed by atoms with Gasteiger partial charge in [0.25, 0.3) is 0 Å². The quantitative estimate of drug-likeness (QED) is 0.713. The van der Waals surface area contributed by atoms with Crippen molar-refractivity contribution in [2.24, 2.45) is 0 Å². The Bertz CT molecular complexity index is 644. The molecule has 1 fully saturated rings. The predicted octanol–water partition coefficient (Wildman–Crippen LogP) is 5.21. The smallest absolute Gasteiger partial charge is 0.137 e. The van der Waals surface area contributed by atoms with Crippen LogP contribution < -0.4 is 5.32 Å². The predicted molar refractivity (Wildman–Crippen MR) is 91.2 cm³/mol. The summed E-state index contributed by atoms with van der Waals surface area (Å²) in [5.74, 6) is 0.596. The molecule has 1 aliphatic heterocycles. The van der Waals surface area contributed by atoms with E-state index < -0.39 is 0 Å². The van der Waals surface area contributed by atoms with E-state index in [1.165, 1.54) is 11.1 Å². The van der Waals surface area contributed by atoms with Crippen LogP contribution in [0.5, 0.6) is 0 Å². The van der Waals surface area contributed by atoms with Gasteiger partial charge in [-0.3, -0.25) is 0 Å². The van der Waals surface area contributed by atoms with Gasteiger partial charge in [0.05, 0.1) is 4.47 Å². The fraction of sp³-hybridized carbons (Fsp3) is 0.294. The first-order chi connectivity index (χ1) is 10.2. The molecule has 0 saturated carbocycles. The van der Waals surface area contributed by atoms with Crippen molar-refractivity contribution in [2.45, 2.75) is 18.3 Å². The lowest BCUT2D eigenvalue weighted by molar-refractivity contribution is 0.403. The molecule has 2 unspecified atom stereocenters. The molecular weight excluding hydrogens is 397 g/mol. The van der Waals surface area contributed by atoms with Crippen LogP contribution in [-0.4, -0.2) is 13.1 Å². The monoisotopic (exact) mass is 411 g/mol. The fourth-order valence-corrected chi connectivity index (χ4v) is 4.08. The average molecular weight is 413 g/mol. The molecule has 0 radical (unpaired) electrons. The van der Waals surface area contributed by atoms with Crippen molar-refractivity contribution in [3.63, 3.8) is 0 Å². The summed E-state index contributed by atoms with van der Waals surface area (Å²) in [4.78, 5) is 0. The normalized spacial score (nSPS) is 22.2. The summed E-state index contributed by atoms with van der Waals surface area (Å²) >= 11 is 6.96. The number of halogens is 3. The zero-order valence-corrected chi connectivity index (χ0v) is 14.6. The Kier molecular flexibility index (Phi) is 4.77. The summed E-state index contributed by atoms with van der Waals surface area (Å²) in [5, 5.41) is 3.48. The molecule has 0 spiro atoms. The highest BCUT2D eigenvalue weighted by molar-refractivity contribution is 9.10. The van der Waals surface area contributed by atoms with E-state index in [0.29, 0.717) is 16.3 Å². The summed E-state index contributed by atoms with van der Waals surface area (Å²) in [5.41, 5.74) is 2.51. The maximum Gasteiger partial charge on any atom is 0.137 e. The van der Waals surface area contributed by atoms with Gasteiger partial charge in [-0.1, -0.05) is 40.2 Å². The number of piperidine rings is 1. The van der Waals surface area contributed by atoms with Gasteiger partial charge in [0.2, 0.25) is 0 Å². The average Bonchev–Trinajstić information content (AvgIpc) is 2.51. The molecule has 1 nitrogen and oxygen atoms in total. The van der Waals surface area contributed by atoms with Crippen molar-refractivity contribution < 1.29 is 4.39 Å². The van der Waals surface area contributed by atoms with Gasteiger partial charge in [-0.2, -0.15) is 0 Å². The summed E-state index contributed by atoms with van der Waals surface area (Å²) in [6, 6.07) is 13.8. The van der Waals surface area contributed by atoms with Gasteiger partial charge >= 0.3 is 0 Å². The van der Waals surface area contributed by atoms with Gasteiger partial charge in [-0.15, -0.1) is 0 Å². The highest BCUT2D eigenvalue weighted by Gasteiger charge is 2.29. The van der Waals surface area contributed by atoms with Gasteiger partial charge in [0.15, 0.2) is 0 Å². The molecule has 1 aliphatic rings. The van der Waals surface area contributed by atoms with Crippen molar-refractivity contribution >= 4 is 31.9 Å². The van der Waals surface area contributed by atoms with Crippen molar-refractivity contribution in [2.75, 3.05) is 13.1 Å². The van der Waals surface area contributed by atoms with E-state index >= 15 is 0 Å². The van der Waals surface area contributed by atoms with Crippen LogP contribution in [0.25, 0.3) is 0 Å². The molecule has 1 heterocycles. The molecule has 21 heavy (non-hydrogen) atoms. The third kappa shape index (κ3) is 3.22. The molecule has 2 atom stereocenters. The van der Waals surface area contributed by atoms with Crippen LogP contribution in [0, 0.1) is 5.82 Å². The van der Waals surface area contributed by atoms with Crippen molar-refractivity contribution in [1.29, 1.82) is 0 Å². The van der Waals surface area contributed by atoms with Crippen molar-refractivity contribution in [1.82, 2.24) is 5.32 Å². The van der Waals surface area contributed by atoms with E-state index in [4.69, 9.17) is 0 Å². The Hall–Kier alpha value is -0.710. The van der Waals surface area contributed by atoms with Crippen LogP contribution in [0.2, 0.25) is 0 Å². The van der Waals surface area contributed by atoms with Gasteiger partial charge in [-0.25, -0.2) is 4.39 Å². The number of benzene rings is 2. The molecule has 1 N–H and O–H groups in total. The van der Waals surface area contributed by atoms with E-state index in [9.17, 15) is 4.39 Å². The maximum atomic E-state index is 13.5. The standard InChI is InChI=1S/C17H16Br2FN/c18-15-4-2-1-3-13(15)14-10-21-8-7-12(14)11-5-6-17(20)16(19)9-11/h1-6,9,12,14,21H,7-8,10H2. The minimum absolute atomic E-state index is 0.204. The Morgan fingerprint density at radius 1 is 1.00 bits per heavy atom. The third-order valence-corrected chi connectivity index (χ3v) is 5.49. The van der Waals surface area contributed by atoms with Gasteiger partial charge in [0.1, 0.15) is 5.82 Å². The number of hydrogen-bond acceptors (Lipinski definition) is 1. The molecule has 4 heteroatoms. The Balaban J connectivity index is 1.98. The van der Waals surface area contributed by atoms with E-state index in [0.717, 1.165) is 24.0 Å². The summed E-state index contributed by atoms with van der Waals surface area (Å²) in [7, 11) is 0. The topological polar surface area (TPSA) is 12.0 Å². The third-order valence-electron chi connectivity index (χ3n) is 4.16. The Morgan fingerprint density at radius 2 is 1.81 bits per heavy atom. The fourth-order valence-electron chi connectivity index (χ4n) is 3.10. The summed E-state index contributed by atoms with van der Waals surface area (Å²) < 4.78 is 15.2. The molecule has 0 aliphatic carbocycles. The lowest BCUT2D eigenvalue weighted by Crippen LogP contribution is -2.34. The first kappa shape index (κ1) is 15.2.